The van der Waals surface area contributed by atoms with Crippen molar-refractivity contribution >= 4 is 88.7 Å². The van der Waals surface area contributed by atoms with Crippen LogP contribution in [-0.4, -0.2) is 21.5 Å². The zero-order valence-electron chi connectivity index (χ0n) is 27.0. The molecule has 6 aromatic heterocycles. The van der Waals surface area contributed by atoms with E-state index in [-0.39, 0.29) is 64.1 Å². The molecule has 2 aromatic carbocycles. The van der Waals surface area contributed by atoms with Gasteiger partial charge in [0, 0.05) is 21.9 Å². The zero-order valence-corrected chi connectivity index (χ0v) is 30.3. The molecule has 4 N–H and O–H groups in total. The third-order valence-corrected chi connectivity index (χ3v) is 12.6. The number of nitrogen functional groups attached to an aromatic ring is 2. The predicted octanol–water partition coefficient (Wildman–Crippen LogP) is 11.7. The van der Waals surface area contributed by atoms with Crippen LogP contribution in [0.3, 0.4) is 0 Å². The molecule has 6 heterocycles. The minimum absolute atomic E-state index is 0.00193. The number of halogens is 6. The smallest absolute Gasteiger partial charge is 0.397 e. The number of carbonyl (C=O) groups excluding carboxylic acids is 2. The molecule has 8 rings (SSSR count). The highest BCUT2D eigenvalue weighted by molar-refractivity contribution is 7.22. The molecule has 0 spiro atoms. The molecule has 8 aromatic rings. The second-order valence-electron chi connectivity index (χ2n) is 11.9. The Balaban J connectivity index is 1.07. The van der Waals surface area contributed by atoms with Crippen molar-refractivity contribution in [3.05, 3.63) is 128 Å². The van der Waals surface area contributed by atoms with Crippen molar-refractivity contribution in [1.82, 2.24) is 9.97 Å². The Kier molecular flexibility index (Phi) is 8.67. The van der Waals surface area contributed by atoms with E-state index in [9.17, 15) is 35.9 Å². The summed E-state index contributed by atoms with van der Waals surface area (Å²) in [4.78, 5) is 36.9. The number of hydrogen-bond acceptors (Lipinski definition) is 10. The van der Waals surface area contributed by atoms with Crippen LogP contribution in [0, 0.1) is 0 Å². The van der Waals surface area contributed by atoms with E-state index in [2.05, 4.69) is 9.97 Å². The molecule has 0 aliphatic heterocycles. The van der Waals surface area contributed by atoms with Crippen LogP contribution in [0.15, 0.2) is 95.7 Å². The van der Waals surface area contributed by atoms with Crippen LogP contribution in [0.1, 0.15) is 41.6 Å². The van der Waals surface area contributed by atoms with Gasteiger partial charge in [-0.05, 0) is 46.2 Å². The summed E-state index contributed by atoms with van der Waals surface area (Å²) in [5.41, 5.74) is 11.8. The van der Waals surface area contributed by atoms with Crippen molar-refractivity contribution in [2.75, 3.05) is 11.5 Å². The van der Waals surface area contributed by atoms with E-state index in [0.717, 1.165) is 34.8 Å². The van der Waals surface area contributed by atoms with Crippen LogP contribution in [0.2, 0.25) is 0 Å². The summed E-state index contributed by atoms with van der Waals surface area (Å²) < 4.78 is 85.0. The van der Waals surface area contributed by atoms with E-state index >= 15 is 0 Å². The number of alkyl halides is 6. The van der Waals surface area contributed by atoms with E-state index in [1.165, 1.54) is 46.9 Å². The van der Waals surface area contributed by atoms with Crippen molar-refractivity contribution in [2.45, 2.75) is 12.4 Å². The minimum atomic E-state index is -4.74. The SMILES string of the molecule is Nc1c(C(=O)c2ccc(-c3ccc(C(=O)c4sc5nc(-c6cccs6)cc(C(F)(F)F)c5c4N)cc3)cc2)sc2nc(-c3cccs3)cc(C(F)(F)F)c12. The highest BCUT2D eigenvalue weighted by Gasteiger charge is 2.38. The van der Waals surface area contributed by atoms with Crippen LogP contribution in [0.5, 0.6) is 0 Å². The lowest BCUT2D eigenvalue weighted by atomic mass is 9.99. The predicted molar refractivity (Wildman–Crippen MR) is 203 cm³/mol. The quantitative estimate of drug-likeness (QED) is 0.123. The highest BCUT2D eigenvalue weighted by Crippen LogP contribution is 2.46. The van der Waals surface area contributed by atoms with Gasteiger partial charge in [0.1, 0.15) is 19.4 Å². The molecular formula is C38H20F6N4O2S4. The number of ketones is 2. The molecule has 6 nitrogen and oxygen atoms in total. The van der Waals surface area contributed by atoms with Crippen molar-refractivity contribution in [3.63, 3.8) is 0 Å². The lowest BCUT2D eigenvalue weighted by molar-refractivity contribution is -0.137. The molecule has 0 aliphatic rings. The molecule has 54 heavy (non-hydrogen) atoms. The normalized spacial score (nSPS) is 12.2. The number of benzene rings is 2. The standard InChI is InChI=1S/C38H20F6N4O2S4/c39-37(40,41)21-15-23(25-3-1-13-51-25)47-35-27(21)29(45)33(53-35)31(49)19-9-5-17(6-10-19)18-7-11-20(12-8-18)32(50)34-30(46)28-22(38(42,43)44)16-24(48-36(28)54-34)26-4-2-14-52-26/h1-16H,45-46H2. The van der Waals surface area contributed by atoms with Gasteiger partial charge in [0.2, 0.25) is 11.6 Å². The van der Waals surface area contributed by atoms with Gasteiger partial charge in [0.25, 0.3) is 0 Å². The molecule has 270 valence electrons. The van der Waals surface area contributed by atoms with Crippen LogP contribution in [0.25, 0.3) is 52.7 Å². The number of hydrogen-bond donors (Lipinski definition) is 2. The molecule has 0 bridgehead atoms. The molecule has 0 unspecified atom stereocenters. The third kappa shape index (κ3) is 6.24. The van der Waals surface area contributed by atoms with Crippen molar-refractivity contribution < 1.29 is 35.9 Å². The number of pyridine rings is 2. The van der Waals surface area contributed by atoms with Gasteiger partial charge in [-0.3, -0.25) is 9.59 Å². The number of carbonyl (C=O) groups is 2. The number of nitrogens with zero attached hydrogens (tertiary/aromatic N) is 2. The number of nitrogens with two attached hydrogens (primary N) is 2. The van der Waals surface area contributed by atoms with E-state index < -0.39 is 35.0 Å². The third-order valence-electron chi connectivity index (χ3n) is 8.60. The topological polar surface area (TPSA) is 112 Å². The molecular weight excluding hydrogens is 787 g/mol. The second-order valence-corrected chi connectivity index (χ2v) is 15.8. The number of rotatable bonds is 7. The van der Waals surface area contributed by atoms with Gasteiger partial charge in [0.05, 0.1) is 43.6 Å². The Morgan fingerprint density at radius 1 is 0.556 bits per heavy atom. The summed E-state index contributed by atoms with van der Waals surface area (Å²) in [6.07, 6.45) is -9.48. The monoisotopic (exact) mass is 806 g/mol. The minimum Gasteiger partial charge on any atom is -0.397 e. The van der Waals surface area contributed by atoms with Gasteiger partial charge < -0.3 is 11.5 Å². The summed E-state index contributed by atoms with van der Waals surface area (Å²) in [6.45, 7) is 0. The molecule has 0 saturated carbocycles. The van der Waals surface area contributed by atoms with Crippen LogP contribution >= 0.6 is 45.3 Å². The first-order valence-electron chi connectivity index (χ1n) is 15.7. The molecule has 0 radical (unpaired) electrons. The largest absolute Gasteiger partial charge is 0.417 e. The number of aromatic nitrogens is 2. The zero-order chi connectivity index (χ0) is 38.1. The first-order chi connectivity index (χ1) is 25.7. The van der Waals surface area contributed by atoms with E-state index in [4.69, 9.17) is 11.5 Å². The molecule has 16 heteroatoms. The van der Waals surface area contributed by atoms with Crippen LogP contribution < -0.4 is 11.5 Å². The maximum absolute atomic E-state index is 14.2. The summed E-state index contributed by atoms with van der Waals surface area (Å²) in [5.74, 6) is -1.14. The molecule has 0 aliphatic carbocycles. The Bertz CT molecular complexity index is 2540. The van der Waals surface area contributed by atoms with Gasteiger partial charge in [-0.15, -0.1) is 45.3 Å². The average Bonchev–Trinajstić information content (AvgIpc) is 3.98. The van der Waals surface area contributed by atoms with Crippen molar-refractivity contribution in [1.29, 1.82) is 0 Å². The van der Waals surface area contributed by atoms with Gasteiger partial charge >= 0.3 is 12.4 Å². The van der Waals surface area contributed by atoms with E-state index in [1.54, 1.807) is 59.3 Å². The summed E-state index contributed by atoms with van der Waals surface area (Å²) in [5, 5.41) is 2.81. The van der Waals surface area contributed by atoms with Crippen molar-refractivity contribution in [2.24, 2.45) is 0 Å². The Labute approximate surface area is 317 Å². The Morgan fingerprint density at radius 3 is 1.24 bits per heavy atom. The van der Waals surface area contributed by atoms with Gasteiger partial charge in [-0.2, -0.15) is 26.3 Å². The van der Waals surface area contributed by atoms with Crippen LogP contribution in [-0.2, 0) is 12.4 Å². The second kappa shape index (κ2) is 13.2. The summed E-state index contributed by atoms with van der Waals surface area (Å²) >= 11 is 4.07. The maximum atomic E-state index is 14.2. The molecule has 0 saturated heterocycles. The van der Waals surface area contributed by atoms with E-state index in [0.29, 0.717) is 20.9 Å². The van der Waals surface area contributed by atoms with Gasteiger partial charge in [0.15, 0.2) is 0 Å². The first-order valence-corrected chi connectivity index (χ1v) is 19.1. The first kappa shape index (κ1) is 35.6. The lowest BCUT2D eigenvalue weighted by Gasteiger charge is -2.10. The van der Waals surface area contributed by atoms with E-state index in [1.807, 2.05) is 0 Å². The molecule has 0 atom stereocenters. The fraction of sp³-hybridized carbons (Fsp3) is 0.0526. The van der Waals surface area contributed by atoms with Crippen molar-refractivity contribution in [3.8, 4) is 32.3 Å². The van der Waals surface area contributed by atoms with Gasteiger partial charge in [-0.1, -0.05) is 60.7 Å². The maximum Gasteiger partial charge on any atom is 0.417 e. The fourth-order valence-electron chi connectivity index (χ4n) is 6.02. The van der Waals surface area contributed by atoms with Crippen LogP contribution in [0.4, 0.5) is 37.7 Å². The summed E-state index contributed by atoms with van der Waals surface area (Å²) in [6, 6.07) is 21.2. The number of thiophene rings is 4. The summed E-state index contributed by atoms with van der Waals surface area (Å²) in [7, 11) is 0. The molecule has 0 fully saturated rings. The number of anilines is 2. The Hall–Kier alpha value is -5.42. The Morgan fingerprint density at radius 2 is 0.926 bits per heavy atom. The highest BCUT2D eigenvalue weighted by atomic mass is 32.1. The average molecular weight is 807 g/mol. The van der Waals surface area contributed by atoms with Gasteiger partial charge in [-0.25, -0.2) is 9.97 Å². The lowest BCUT2D eigenvalue weighted by Crippen LogP contribution is -2.08. The molecule has 0 amide bonds. The number of fused-ring (bicyclic) bond motifs is 2. The fourth-order valence-corrected chi connectivity index (χ4v) is 9.55.